The molecule has 1 heterocycles. The highest BCUT2D eigenvalue weighted by Crippen LogP contribution is 2.37. The molecule has 0 amide bonds. The van der Waals surface area contributed by atoms with Gasteiger partial charge in [0.15, 0.2) is 0 Å². The average Bonchev–Trinajstić information content (AvgIpc) is 2.81. The van der Waals surface area contributed by atoms with Gasteiger partial charge in [-0.3, -0.25) is 0 Å². The van der Waals surface area contributed by atoms with Crippen molar-refractivity contribution < 1.29 is 9.50 Å². The van der Waals surface area contributed by atoms with Crippen molar-refractivity contribution in [1.82, 2.24) is 0 Å². The lowest BCUT2D eigenvalue weighted by molar-refractivity contribution is 0.282. The Morgan fingerprint density at radius 3 is 2.79 bits per heavy atom. The van der Waals surface area contributed by atoms with Gasteiger partial charge in [0, 0.05) is 28.5 Å². The molecule has 2 aromatic carbocycles. The second-order valence-corrected chi connectivity index (χ2v) is 5.04. The first-order valence-corrected chi connectivity index (χ1v) is 6.52. The van der Waals surface area contributed by atoms with Crippen molar-refractivity contribution in [2.45, 2.75) is 13.0 Å². The fourth-order valence-electron chi connectivity index (χ4n) is 2.55. The van der Waals surface area contributed by atoms with Gasteiger partial charge in [-0.05, 0) is 42.3 Å². The highest BCUT2D eigenvalue weighted by atomic mass is 35.5. The van der Waals surface area contributed by atoms with Crippen LogP contribution in [-0.2, 0) is 13.0 Å². The van der Waals surface area contributed by atoms with Crippen LogP contribution >= 0.6 is 11.6 Å². The van der Waals surface area contributed by atoms with Crippen molar-refractivity contribution >= 4 is 23.0 Å². The van der Waals surface area contributed by atoms with Gasteiger partial charge in [0.05, 0.1) is 6.61 Å². The fourth-order valence-corrected chi connectivity index (χ4v) is 2.74. The van der Waals surface area contributed by atoms with Gasteiger partial charge < -0.3 is 10.0 Å². The predicted octanol–water partition coefficient (Wildman–Crippen LogP) is 3.67. The average molecular weight is 278 g/mol. The van der Waals surface area contributed by atoms with Crippen molar-refractivity contribution in [2.75, 3.05) is 11.4 Å². The summed E-state index contributed by atoms with van der Waals surface area (Å²) < 4.78 is 13.4. The maximum Gasteiger partial charge on any atom is 0.125 e. The molecule has 1 aliphatic heterocycles. The van der Waals surface area contributed by atoms with Crippen molar-refractivity contribution in [3.8, 4) is 0 Å². The molecular formula is C15H13ClFNO. The highest BCUT2D eigenvalue weighted by Gasteiger charge is 2.22. The minimum Gasteiger partial charge on any atom is -0.392 e. The third kappa shape index (κ3) is 2.20. The Morgan fingerprint density at radius 1 is 1.16 bits per heavy atom. The van der Waals surface area contributed by atoms with Crippen LogP contribution in [0.1, 0.15) is 11.1 Å². The number of halogens is 2. The lowest BCUT2D eigenvalue weighted by Crippen LogP contribution is -2.15. The number of hydrogen-bond donors (Lipinski definition) is 1. The molecule has 0 bridgehead atoms. The Labute approximate surface area is 116 Å². The van der Waals surface area contributed by atoms with Crippen LogP contribution in [0.3, 0.4) is 0 Å². The second kappa shape index (κ2) is 4.83. The molecule has 0 saturated carbocycles. The number of nitrogens with zero attached hydrogens (tertiary/aromatic N) is 1. The Hall–Kier alpha value is -1.58. The van der Waals surface area contributed by atoms with E-state index < -0.39 is 0 Å². The number of benzene rings is 2. The van der Waals surface area contributed by atoms with E-state index in [0.717, 1.165) is 35.5 Å². The van der Waals surface area contributed by atoms with Crippen LogP contribution < -0.4 is 4.90 Å². The monoisotopic (exact) mass is 277 g/mol. The van der Waals surface area contributed by atoms with E-state index >= 15 is 0 Å². The van der Waals surface area contributed by atoms with Crippen LogP contribution in [0.25, 0.3) is 0 Å². The third-order valence-corrected chi connectivity index (χ3v) is 3.68. The maximum absolute atomic E-state index is 13.4. The molecule has 3 rings (SSSR count). The van der Waals surface area contributed by atoms with Gasteiger partial charge in [-0.15, -0.1) is 0 Å². The number of anilines is 2. The standard InChI is InChI=1S/C15H13ClFNO/c16-12-2-4-14(11(7-12)9-19)18-6-5-10-1-3-13(17)8-15(10)18/h1-4,7-8,19H,5-6,9H2. The predicted molar refractivity (Wildman–Crippen MR) is 74.5 cm³/mol. The van der Waals surface area contributed by atoms with Crippen molar-refractivity contribution in [3.05, 3.63) is 58.4 Å². The number of aliphatic hydroxyl groups is 1. The maximum atomic E-state index is 13.4. The molecule has 0 saturated heterocycles. The summed E-state index contributed by atoms with van der Waals surface area (Å²) >= 11 is 5.94. The summed E-state index contributed by atoms with van der Waals surface area (Å²) in [6.07, 6.45) is 0.878. The number of hydrogen-bond acceptors (Lipinski definition) is 2. The summed E-state index contributed by atoms with van der Waals surface area (Å²) in [5, 5.41) is 10.0. The quantitative estimate of drug-likeness (QED) is 0.905. The van der Waals surface area contributed by atoms with Crippen molar-refractivity contribution in [1.29, 1.82) is 0 Å². The zero-order valence-electron chi connectivity index (χ0n) is 10.2. The van der Waals surface area contributed by atoms with Crippen LogP contribution in [0.4, 0.5) is 15.8 Å². The zero-order chi connectivity index (χ0) is 13.4. The minimum atomic E-state index is -0.245. The third-order valence-electron chi connectivity index (χ3n) is 3.45. The molecule has 2 nitrogen and oxygen atoms in total. The largest absolute Gasteiger partial charge is 0.392 e. The van der Waals surface area contributed by atoms with Gasteiger partial charge in [-0.1, -0.05) is 17.7 Å². The topological polar surface area (TPSA) is 23.5 Å². The summed E-state index contributed by atoms with van der Waals surface area (Å²) in [5.74, 6) is -0.245. The SMILES string of the molecule is OCc1cc(Cl)ccc1N1CCc2ccc(F)cc21. The van der Waals surface area contributed by atoms with Crippen LogP contribution in [-0.4, -0.2) is 11.7 Å². The normalized spacial score (nSPS) is 13.7. The van der Waals surface area contributed by atoms with E-state index in [2.05, 4.69) is 0 Å². The molecule has 1 aliphatic rings. The van der Waals surface area contributed by atoms with E-state index in [1.165, 1.54) is 12.1 Å². The van der Waals surface area contributed by atoms with E-state index in [1.807, 2.05) is 17.0 Å². The van der Waals surface area contributed by atoms with Gasteiger partial charge in [-0.2, -0.15) is 0 Å². The van der Waals surface area contributed by atoms with Crippen LogP contribution in [0.5, 0.6) is 0 Å². The summed E-state index contributed by atoms with van der Waals surface area (Å²) in [6.45, 7) is 0.699. The number of rotatable bonds is 2. The summed E-state index contributed by atoms with van der Waals surface area (Å²) in [7, 11) is 0. The lowest BCUT2D eigenvalue weighted by atomic mass is 10.1. The fraction of sp³-hybridized carbons (Fsp3) is 0.200. The Balaban J connectivity index is 2.08. The molecule has 19 heavy (non-hydrogen) atoms. The van der Waals surface area contributed by atoms with E-state index in [4.69, 9.17) is 11.6 Å². The first kappa shape index (κ1) is 12.5. The highest BCUT2D eigenvalue weighted by molar-refractivity contribution is 6.30. The van der Waals surface area contributed by atoms with E-state index in [0.29, 0.717) is 5.02 Å². The second-order valence-electron chi connectivity index (χ2n) is 4.61. The summed E-state index contributed by atoms with van der Waals surface area (Å²) in [5.41, 5.74) is 3.64. The molecule has 0 unspecified atom stereocenters. The molecule has 1 N–H and O–H groups in total. The van der Waals surface area contributed by atoms with Crippen LogP contribution in [0.15, 0.2) is 36.4 Å². The first-order chi connectivity index (χ1) is 9.19. The molecule has 0 aromatic heterocycles. The first-order valence-electron chi connectivity index (χ1n) is 6.14. The molecule has 0 atom stereocenters. The number of aliphatic hydroxyl groups excluding tert-OH is 1. The summed E-state index contributed by atoms with van der Waals surface area (Å²) in [6, 6.07) is 10.2. The molecular weight excluding hydrogens is 265 g/mol. The van der Waals surface area contributed by atoms with Crippen molar-refractivity contribution in [2.24, 2.45) is 0 Å². The Kier molecular flexibility index (Phi) is 3.17. The van der Waals surface area contributed by atoms with Gasteiger partial charge in [0.1, 0.15) is 5.82 Å². The zero-order valence-corrected chi connectivity index (χ0v) is 11.0. The van der Waals surface area contributed by atoms with Gasteiger partial charge in [-0.25, -0.2) is 4.39 Å². The van der Waals surface area contributed by atoms with E-state index in [9.17, 15) is 9.50 Å². The smallest absolute Gasteiger partial charge is 0.125 e. The summed E-state index contributed by atoms with van der Waals surface area (Å²) in [4.78, 5) is 2.03. The molecule has 0 radical (unpaired) electrons. The molecule has 4 heteroatoms. The van der Waals surface area contributed by atoms with Crippen LogP contribution in [0, 0.1) is 5.82 Å². The van der Waals surface area contributed by atoms with Gasteiger partial charge in [0.2, 0.25) is 0 Å². The molecule has 0 aliphatic carbocycles. The molecule has 0 fully saturated rings. The van der Waals surface area contributed by atoms with Crippen molar-refractivity contribution in [3.63, 3.8) is 0 Å². The molecule has 0 spiro atoms. The molecule has 98 valence electrons. The lowest BCUT2D eigenvalue weighted by Gasteiger charge is -2.22. The molecule has 2 aromatic rings. The Morgan fingerprint density at radius 2 is 2.00 bits per heavy atom. The minimum absolute atomic E-state index is 0.0863. The number of fused-ring (bicyclic) bond motifs is 1. The van der Waals surface area contributed by atoms with Gasteiger partial charge in [0.25, 0.3) is 0 Å². The van der Waals surface area contributed by atoms with Crippen LogP contribution in [0.2, 0.25) is 5.02 Å². The van der Waals surface area contributed by atoms with Gasteiger partial charge >= 0.3 is 0 Å². The van der Waals surface area contributed by atoms with E-state index in [1.54, 1.807) is 12.1 Å². The Bertz CT molecular complexity index is 630. The van der Waals surface area contributed by atoms with E-state index in [-0.39, 0.29) is 12.4 Å².